The summed E-state index contributed by atoms with van der Waals surface area (Å²) in [6.45, 7) is 2.31. The second-order valence-corrected chi connectivity index (χ2v) is 7.20. The fraction of sp³-hybridized carbons (Fsp3) is 0.381. The van der Waals surface area contributed by atoms with E-state index in [0.29, 0.717) is 5.78 Å². The molecule has 1 N–H and O–H groups in total. The average Bonchev–Trinajstić information content (AvgIpc) is 2.91. The van der Waals surface area contributed by atoms with Crippen molar-refractivity contribution in [3.05, 3.63) is 71.8 Å². The lowest BCUT2D eigenvalue weighted by atomic mass is 9.62. The van der Waals surface area contributed by atoms with Gasteiger partial charge >= 0.3 is 0 Å². The van der Waals surface area contributed by atoms with E-state index in [-0.39, 0.29) is 23.4 Å². The summed E-state index contributed by atoms with van der Waals surface area (Å²) in [5.41, 5.74) is 2.53. The molecule has 1 saturated carbocycles. The van der Waals surface area contributed by atoms with Gasteiger partial charge in [0.25, 0.3) is 0 Å². The van der Waals surface area contributed by atoms with Gasteiger partial charge in [-0.3, -0.25) is 4.79 Å². The van der Waals surface area contributed by atoms with Crippen LogP contribution in [0, 0.1) is 11.3 Å². The van der Waals surface area contributed by atoms with Gasteiger partial charge in [0.1, 0.15) is 5.78 Å². The highest BCUT2D eigenvalue weighted by molar-refractivity contribution is 5.84. The number of carbonyl (C=O) groups is 1. The zero-order valence-corrected chi connectivity index (χ0v) is 13.5. The Morgan fingerprint density at radius 2 is 1.57 bits per heavy atom. The molecule has 1 saturated heterocycles. The average molecular weight is 305 g/mol. The molecule has 1 aliphatic carbocycles. The molecule has 2 fully saturated rings. The van der Waals surface area contributed by atoms with Gasteiger partial charge in [-0.05, 0) is 29.4 Å². The number of nitrogens with one attached hydrogen (secondary N) is 1. The molecular weight excluding hydrogens is 282 g/mol. The summed E-state index contributed by atoms with van der Waals surface area (Å²) in [5, 5.41) is 3.82. The number of rotatable bonds is 2. The molecule has 1 aliphatic heterocycles. The molecule has 2 nitrogen and oxygen atoms in total. The maximum Gasteiger partial charge on any atom is 0.138 e. The molecule has 4 atom stereocenters. The van der Waals surface area contributed by atoms with E-state index in [1.165, 1.54) is 11.1 Å². The zero-order chi connectivity index (χ0) is 15.9. The summed E-state index contributed by atoms with van der Waals surface area (Å²) in [6, 6.07) is 21.4. The molecule has 23 heavy (non-hydrogen) atoms. The maximum atomic E-state index is 12.8. The molecule has 118 valence electrons. The van der Waals surface area contributed by atoms with Crippen LogP contribution in [0.4, 0.5) is 0 Å². The molecule has 2 aromatic rings. The summed E-state index contributed by atoms with van der Waals surface area (Å²) in [5.74, 6) is 0.502. The van der Waals surface area contributed by atoms with Crippen LogP contribution in [-0.2, 0) is 4.79 Å². The summed E-state index contributed by atoms with van der Waals surface area (Å²) in [7, 11) is 0. The first-order chi connectivity index (χ1) is 11.2. The molecule has 0 aromatic heterocycles. The fourth-order valence-electron chi connectivity index (χ4n) is 4.75. The molecule has 2 aromatic carbocycles. The maximum absolute atomic E-state index is 12.8. The topological polar surface area (TPSA) is 29.1 Å². The molecule has 1 heterocycles. The lowest BCUT2D eigenvalue weighted by Crippen LogP contribution is -2.38. The fourth-order valence-corrected chi connectivity index (χ4v) is 4.75. The summed E-state index contributed by atoms with van der Waals surface area (Å²) >= 11 is 0. The third-order valence-corrected chi connectivity index (χ3v) is 5.83. The largest absolute Gasteiger partial charge is 0.302 e. The smallest absolute Gasteiger partial charge is 0.138 e. The second kappa shape index (κ2) is 5.61. The van der Waals surface area contributed by atoms with Crippen LogP contribution in [0.15, 0.2) is 60.7 Å². The van der Waals surface area contributed by atoms with Crippen molar-refractivity contribution in [2.75, 3.05) is 0 Å². The molecule has 2 aliphatic rings. The summed E-state index contributed by atoms with van der Waals surface area (Å²) in [4.78, 5) is 12.8. The molecule has 0 bridgehead atoms. The Bertz CT molecular complexity index is 696. The highest BCUT2D eigenvalue weighted by atomic mass is 16.1. The van der Waals surface area contributed by atoms with Crippen LogP contribution in [0.5, 0.6) is 0 Å². The minimum Gasteiger partial charge on any atom is -0.302 e. The van der Waals surface area contributed by atoms with Crippen molar-refractivity contribution in [2.45, 2.75) is 38.3 Å². The Hall–Kier alpha value is -1.93. The van der Waals surface area contributed by atoms with Gasteiger partial charge in [0.15, 0.2) is 0 Å². The van der Waals surface area contributed by atoms with Gasteiger partial charge in [0, 0.05) is 24.4 Å². The number of Topliss-reactive ketones (excluding diaryl/α,β-unsaturated/α-hetero) is 1. The van der Waals surface area contributed by atoms with Gasteiger partial charge in [-0.2, -0.15) is 0 Å². The third kappa shape index (κ3) is 2.33. The lowest BCUT2D eigenvalue weighted by molar-refractivity contribution is -0.129. The Morgan fingerprint density at radius 3 is 2.22 bits per heavy atom. The third-order valence-electron chi connectivity index (χ3n) is 5.83. The summed E-state index contributed by atoms with van der Waals surface area (Å²) < 4.78 is 0. The lowest BCUT2D eigenvalue weighted by Gasteiger charge is -2.39. The Labute approximate surface area is 137 Å². The highest BCUT2D eigenvalue weighted by Gasteiger charge is 2.56. The van der Waals surface area contributed by atoms with E-state index in [2.05, 4.69) is 66.8 Å². The first kappa shape index (κ1) is 14.6. The van der Waals surface area contributed by atoms with Crippen molar-refractivity contribution in [1.82, 2.24) is 5.32 Å². The number of ketones is 1. The molecule has 2 heteroatoms. The van der Waals surface area contributed by atoms with Gasteiger partial charge < -0.3 is 5.32 Å². The van der Waals surface area contributed by atoms with Crippen molar-refractivity contribution in [3.63, 3.8) is 0 Å². The minimum atomic E-state index is -0.00278. The van der Waals surface area contributed by atoms with E-state index in [0.717, 1.165) is 19.3 Å². The van der Waals surface area contributed by atoms with Crippen LogP contribution >= 0.6 is 0 Å². The Kier molecular flexibility index (Phi) is 3.57. The summed E-state index contributed by atoms with van der Waals surface area (Å²) in [6.07, 6.45) is 2.85. The van der Waals surface area contributed by atoms with E-state index in [1.54, 1.807) is 0 Å². The number of hydrogen-bond acceptors (Lipinski definition) is 2. The highest BCUT2D eigenvalue weighted by Crippen LogP contribution is 2.57. The van der Waals surface area contributed by atoms with Crippen LogP contribution < -0.4 is 5.32 Å². The SMILES string of the molecule is C[C@@]12CCCC(=O)[C@H]1[C@H](c1ccccc1)N[C@@H]2c1ccccc1. The van der Waals surface area contributed by atoms with E-state index in [9.17, 15) is 4.79 Å². The Balaban J connectivity index is 1.79. The monoisotopic (exact) mass is 305 g/mol. The van der Waals surface area contributed by atoms with Crippen LogP contribution in [0.25, 0.3) is 0 Å². The first-order valence-electron chi connectivity index (χ1n) is 8.59. The van der Waals surface area contributed by atoms with E-state index >= 15 is 0 Å². The first-order valence-corrected chi connectivity index (χ1v) is 8.59. The van der Waals surface area contributed by atoms with E-state index < -0.39 is 0 Å². The van der Waals surface area contributed by atoms with Crippen LogP contribution in [0.1, 0.15) is 49.4 Å². The number of benzene rings is 2. The molecule has 0 amide bonds. The number of hydrogen-bond donors (Lipinski definition) is 1. The molecule has 4 rings (SSSR count). The van der Waals surface area contributed by atoms with E-state index in [4.69, 9.17) is 0 Å². The van der Waals surface area contributed by atoms with Crippen molar-refractivity contribution >= 4 is 5.78 Å². The van der Waals surface area contributed by atoms with Gasteiger partial charge in [-0.15, -0.1) is 0 Å². The molecule has 0 radical (unpaired) electrons. The van der Waals surface area contributed by atoms with Gasteiger partial charge in [0.05, 0.1) is 0 Å². The van der Waals surface area contributed by atoms with Gasteiger partial charge in [0.2, 0.25) is 0 Å². The van der Waals surface area contributed by atoms with Gasteiger partial charge in [-0.1, -0.05) is 67.6 Å². The number of carbonyl (C=O) groups excluding carboxylic acids is 1. The standard InChI is InChI=1S/C21H23NO/c1-21-14-8-13-17(23)18(21)19(15-9-4-2-5-10-15)22-20(21)16-11-6-3-7-12-16/h2-7,9-12,18-20,22H,8,13-14H2,1H3/t18-,19-,20+,21+/m0/s1. The second-order valence-electron chi connectivity index (χ2n) is 7.20. The van der Waals surface area contributed by atoms with Crippen LogP contribution in [0.2, 0.25) is 0 Å². The molecule has 0 spiro atoms. The number of fused-ring (bicyclic) bond motifs is 1. The zero-order valence-electron chi connectivity index (χ0n) is 13.5. The van der Waals surface area contributed by atoms with Crippen molar-refractivity contribution < 1.29 is 4.79 Å². The van der Waals surface area contributed by atoms with E-state index in [1.807, 2.05) is 6.07 Å². The molecular formula is C21H23NO. The van der Waals surface area contributed by atoms with Crippen molar-refractivity contribution in [1.29, 1.82) is 0 Å². The minimum absolute atomic E-state index is 0.00278. The quantitative estimate of drug-likeness (QED) is 0.888. The predicted octanol–water partition coefficient (Wildman–Crippen LogP) is 4.45. The van der Waals surface area contributed by atoms with Crippen molar-refractivity contribution in [3.8, 4) is 0 Å². The van der Waals surface area contributed by atoms with Crippen LogP contribution in [-0.4, -0.2) is 5.78 Å². The normalized spacial score (nSPS) is 33.4. The van der Waals surface area contributed by atoms with Crippen molar-refractivity contribution in [2.24, 2.45) is 11.3 Å². The predicted molar refractivity (Wildman–Crippen MR) is 92.0 cm³/mol. The van der Waals surface area contributed by atoms with Gasteiger partial charge in [-0.25, -0.2) is 0 Å². The molecule has 0 unspecified atom stereocenters. The van der Waals surface area contributed by atoms with Crippen LogP contribution in [0.3, 0.4) is 0 Å². The Morgan fingerprint density at radius 1 is 0.957 bits per heavy atom.